The molecular formula is C14H25NO3S. The first kappa shape index (κ1) is 16.6. The molecule has 1 aromatic heterocycles. The molecule has 0 amide bonds. The maximum atomic E-state index is 9.84. The monoisotopic (exact) mass is 287 g/mol. The van der Waals surface area contributed by atoms with Gasteiger partial charge >= 0.3 is 0 Å². The molecule has 0 aliphatic rings. The van der Waals surface area contributed by atoms with E-state index in [9.17, 15) is 5.11 Å². The Hall–Kier alpha value is -0.460. The fourth-order valence-corrected chi connectivity index (χ4v) is 2.49. The molecular weight excluding hydrogens is 262 g/mol. The van der Waals surface area contributed by atoms with Gasteiger partial charge in [0.15, 0.2) is 0 Å². The van der Waals surface area contributed by atoms with Gasteiger partial charge < -0.3 is 19.9 Å². The Kier molecular flexibility index (Phi) is 9.03. The van der Waals surface area contributed by atoms with E-state index in [1.54, 1.807) is 18.4 Å². The number of ether oxygens (including phenoxy) is 2. The Balaban J connectivity index is 2.10. The highest BCUT2D eigenvalue weighted by Gasteiger charge is 2.10. The number of rotatable bonds is 11. The summed E-state index contributed by atoms with van der Waals surface area (Å²) in [6.07, 6.45) is 1.68. The van der Waals surface area contributed by atoms with Crippen molar-refractivity contribution in [1.29, 1.82) is 0 Å². The summed E-state index contributed by atoms with van der Waals surface area (Å²) in [6, 6.07) is 4.34. The smallest absolute Gasteiger partial charge is 0.0897 e. The lowest BCUT2D eigenvalue weighted by atomic mass is 10.2. The molecule has 0 aliphatic heterocycles. The van der Waals surface area contributed by atoms with Gasteiger partial charge in [-0.15, -0.1) is 11.3 Å². The van der Waals surface area contributed by atoms with Gasteiger partial charge in [0.2, 0.25) is 0 Å². The summed E-state index contributed by atoms with van der Waals surface area (Å²) in [7, 11) is 1.70. The van der Waals surface area contributed by atoms with Crippen molar-refractivity contribution in [2.75, 3.05) is 26.9 Å². The van der Waals surface area contributed by atoms with Crippen molar-refractivity contribution in [1.82, 2.24) is 5.32 Å². The Morgan fingerprint density at radius 3 is 2.89 bits per heavy atom. The second-order valence-corrected chi connectivity index (χ2v) is 5.63. The molecule has 0 bridgehead atoms. The van der Waals surface area contributed by atoms with E-state index in [0.717, 1.165) is 12.8 Å². The molecule has 2 N–H and O–H groups in total. The number of aliphatic hydroxyl groups excluding tert-OH is 1. The molecule has 1 rings (SSSR count). The van der Waals surface area contributed by atoms with Gasteiger partial charge in [-0.25, -0.2) is 0 Å². The van der Waals surface area contributed by atoms with E-state index < -0.39 is 6.10 Å². The van der Waals surface area contributed by atoms with Crippen LogP contribution in [-0.2, 0) is 16.1 Å². The molecule has 0 aliphatic carbocycles. The van der Waals surface area contributed by atoms with E-state index in [0.29, 0.717) is 32.4 Å². The molecule has 0 radical (unpaired) electrons. The zero-order valence-corrected chi connectivity index (χ0v) is 12.6. The Morgan fingerprint density at radius 1 is 1.42 bits per heavy atom. The number of hydrogen-bond donors (Lipinski definition) is 2. The number of aliphatic hydroxyl groups is 1. The maximum absolute atomic E-state index is 9.84. The molecule has 0 fully saturated rings. The van der Waals surface area contributed by atoms with Crippen molar-refractivity contribution < 1.29 is 14.6 Å². The van der Waals surface area contributed by atoms with Crippen LogP contribution in [0.3, 0.4) is 0 Å². The van der Waals surface area contributed by atoms with Crippen molar-refractivity contribution in [3.63, 3.8) is 0 Å². The highest BCUT2D eigenvalue weighted by atomic mass is 32.1. The van der Waals surface area contributed by atoms with Crippen LogP contribution in [0.2, 0.25) is 0 Å². The minimum atomic E-state index is -0.476. The largest absolute Gasteiger partial charge is 0.389 e. The molecule has 0 saturated heterocycles. The molecule has 2 atom stereocenters. The molecule has 2 unspecified atom stereocenters. The average Bonchev–Trinajstić information content (AvgIpc) is 2.90. The fourth-order valence-electron chi connectivity index (χ4n) is 1.85. The summed E-state index contributed by atoms with van der Waals surface area (Å²) in [5.74, 6) is 0. The Bertz CT molecular complexity index is 300. The first-order valence-electron chi connectivity index (χ1n) is 6.76. The van der Waals surface area contributed by atoms with Crippen molar-refractivity contribution in [2.45, 2.75) is 38.5 Å². The minimum Gasteiger partial charge on any atom is -0.389 e. The maximum Gasteiger partial charge on any atom is 0.0897 e. The molecule has 0 saturated carbocycles. The van der Waals surface area contributed by atoms with E-state index >= 15 is 0 Å². The second-order valence-electron chi connectivity index (χ2n) is 4.60. The third kappa shape index (κ3) is 7.64. The normalized spacial score (nSPS) is 14.5. The van der Waals surface area contributed by atoms with E-state index in [1.807, 2.05) is 17.5 Å². The fraction of sp³-hybridized carbons (Fsp3) is 0.714. The quantitative estimate of drug-likeness (QED) is 0.654. The van der Waals surface area contributed by atoms with Gasteiger partial charge in [-0.05, 0) is 17.9 Å². The summed E-state index contributed by atoms with van der Waals surface area (Å²) >= 11 is 1.67. The summed E-state index contributed by atoms with van der Waals surface area (Å²) in [6.45, 7) is 4.29. The van der Waals surface area contributed by atoms with Crippen molar-refractivity contribution >= 4 is 11.3 Å². The molecule has 0 aromatic carbocycles. The van der Waals surface area contributed by atoms with Crippen LogP contribution in [0, 0.1) is 0 Å². The lowest BCUT2D eigenvalue weighted by Gasteiger charge is -2.19. The van der Waals surface area contributed by atoms with Crippen LogP contribution in [-0.4, -0.2) is 44.1 Å². The molecule has 0 spiro atoms. The molecule has 19 heavy (non-hydrogen) atoms. The van der Waals surface area contributed by atoms with Gasteiger partial charge in [0.05, 0.1) is 25.9 Å². The van der Waals surface area contributed by atoms with Crippen molar-refractivity contribution in [3.8, 4) is 0 Å². The average molecular weight is 287 g/mol. The van der Waals surface area contributed by atoms with Gasteiger partial charge in [-0.2, -0.15) is 0 Å². The molecule has 4 nitrogen and oxygen atoms in total. The second kappa shape index (κ2) is 10.3. The Morgan fingerprint density at radius 2 is 2.26 bits per heavy atom. The van der Waals surface area contributed by atoms with Gasteiger partial charge in [0.25, 0.3) is 0 Å². The van der Waals surface area contributed by atoms with E-state index in [2.05, 4.69) is 12.2 Å². The molecule has 1 aromatic rings. The molecule has 5 heteroatoms. The predicted molar refractivity (Wildman–Crippen MR) is 78.6 cm³/mol. The van der Waals surface area contributed by atoms with Crippen LogP contribution in [0.4, 0.5) is 0 Å². The number of hydrogen-bond acceptors (Lipinski definition) is 5. The zero-order valence-electron chi connectivity index (χ0n) is 11.8. The highest BCUT2D eigenvalue weighted by molar-refractivity contribution is 7.09. The third-order valence-corrected chi connectivity index (χ3v) is 3.63. The van der Waals surface area contributed by atoms with E-state index in [4.69, 9.17) is 9.47 Å². The van der Waals surface area contributed by atoms with Crippen molar-refractivity contribution in [3.05, 3.63) is 22.4 Å². The van der Waals surface area contributed by atoms with Gasteiger partial charge in [0.1, 0.15) is 0 Å². The summed E-state index contributed by atoms with van der Waals surface area (Å²) in [5, 5.41) is 15.2. The van der Waals surface area contributed by atoms with Gasteiger partial charge in [-0.1, -0.05) is 19.4 Å². The van der Waals surface area contributed by atoms with Crippen molar-refractivity contribution in [2.24, 2.45) is 0 Å². The van der Waals surface area contributed by atoms with Crippen LogP contribution in [0.25, 0.3) is 0 Å². The lowest BCUT2D eigenvalue weighted by molar-refractivity contribution is 0.0266. The van der Waals surface area contributed by atoms with Crippen LogP contribution in [0.1, 0.15) is 24.6 Å². The van der Waals surface area contributed by atoms with Crippen LogP contribution in [0.5, 0.6) is 0 Å². The third-order valence-electron chi connectivity index (χ3n) is 2.78. The first-order valence-corrected chi connectivity index (χ1v) is 7.64. The van der Waals surface area contributed by atoms with Gasteiger partial charge in [-0.3, -0.25) is 0 Å². The van der Waals surface area contributed by atoms with Gasteiger partial charge in [0, 0.05) is 24.6 Å². The van der Waals surface area contributed by atoms with Crippen LogP contribution >= 0.6 is 11.3 Å². The lowest BCUT2D eigenvalue weighted by Crippen LogP contribution is -2.39. The zero-order chi connectivity index (χ0) is 13.9. The van der Waals surface area contributed by atoms with Crippen LogP contribution in [0.15, 0.2) is 17.5 Å². The van der Waals surface area contributed by atoms with E-state index in [1.165, 1.54) is 4.88 Å². The molecule has 1 heterocycles. The van der Waals surface area contributed by atoms with E-state index in [-0.39, 0.29) is 0 Å². The predicted octanol–water partition coefficient (Wildman–Crippen LogP) is 2.03. The highest BCUT2D eigenvalue weighted by Crippen LogP contribution is 2.09. The summed E-state index contributed by atoms with van der Waals surface area (Å²) in [5.41, 5.74) is 0. The first-order chi connectivity index (χ1) is 9.26. The SMILES string of the molecule is CCCC(COC)NCC(O)COCc1cccs1. The number of methoxy groups -OCH3 is 1. The standard InChI is InChI=1S/C14H25NO3S/c1-3-5-12(9-17-2)15-8-13(16)10-18-11-14-6-4-7-19-14/h4,6-7,12-13,15-16H,3,5,8-11H2,1-2H3. The number of nitrogens with one attached hydrogen (secondary N) is 1. The minimum absolute atomic E-state index is 0.307. The van der Waals surface area contributed by atoms with Crippen LogP contribution < -0.4 is 5.32 Å². The summed E-state index contributed by atoms with van der Waals surface area (Å²) < 4.78 is 10.6. The summed E-state index contributed by atoms with van der Waals surface area (Å²) in [4.78, 5) is 1.18. The molecule has 110 valence electrons. The topological polar surface area (TPSA) is 50.7 Å². The number of thiophene rings is 1. The Labute approximate surface area is 119 Å².